The summed E-state index contributed by atoms with van der Waals surface area (Å²) in [4.78, 5) is 4.15. The highest BCUT2D eigenvalue weighted by Gasteiger charge is 2.43. The fourth-order valence-corrected chi connectivity index (χ4v) is 1.12. The maximum atomic E-state index is 8.76. The van der Waals surface area contributed by atoms with Crippen molar-refractivity contribution in [3.8, 4) is 0 Å². The van der Waals surface area contributed by atoms with Crippen LogP contribution in [0.5, 0.6) is 0 Å². The van der Waals surface area contributed by atoms with E-state index in [0.717, 1.165) is 12.8 Å². The van der Waals surface area contributed by atoms with Crippen molar-refractivity contribution in [2.75, 3.05) is 6.61 Å². The van der Waals surface area contributed by atoms with E-state index in [1.165, 1.54) is 0 Å². The van der Waals surface area contributed by atoms with Crippen LogP contribution in [0.3, 0.4) is 0 Å². The average molecular weight is 183 g/mol. The van der Waals surface area contributed by atoms with Crippen LogP contribution in [-0.4, -0.2) is 21.9 Å². The fourth-order valence-electron chi connectivity index (χ4n) is 1.12. The Kier molecular flexibility index (Phi) is 1.85. The topological polar surface area (TPSA) is 85.2 Å². The van der Waals surface area contributed by atoms with Gasteiger partial charge in [0, 0.05) is 5.41 Å². The number of aliphatic hydroxyl groups excluding tert-OH is 1. The van der Waals surface area contributed by atoms with E-state index in [1.807, 2.05) is 0 Å². The Morgan fingerprint density at radius 1 is 1.69 bits per heavy atom. The van der Waals surface area contributed by atoms with Crippen LogP contribution in [0.25, 0.3) is 0 Å². The second-order valence-corrected chi connectivity index (χ2v) is 3.81. The first kappa shape index (κ1) is 8.65. The summed E-state index contributed by atoms with van der Waals surface area (Å²) in [7, 11) is 0. The smallest absolute Gasteiger partial charge is 0.245 e. The van der Waals surface area contributed by atoms with Crippen molar-refractivity contribution in [3.05, 3.63) is 11.7 Å². The van der Waals surface area contributed by atoms with Gasteiger partial charge in [0.15, 0.2) is 5.82 Å². The normalized spacial score (nSPS) is 21.5. The number of aromatic nitrogens is 2. The van der Waals surface area contributed by atoms with E-state index in [2.05, 4.69) is 17.1 Å². The number of aliphatic hydroxyl groups is 1. The Labute approximate surface area is 75.9 Å². The fraction of sp³-hybridized carbons (Fsp3) is 0.750. The summed E-state index contributed by atoms with van der Waals surface area (Å²) < 4.78 is 4.94. The van der Waals surface area contributed by atoms with Gasteiger partial charge in [0.2, 0.25) is 5.89 Å². The molecule has 1 aromatic rings. The molecule has 1 fully saturated rings. The van der Waals surface area contributed by atoms with Gasteiger partial charge >= 0.3 is 0 Å². The van der Waals surface area contributed by atoms with Crippen LogP contribution in [0.2, 0.25) is 0 Å². The molecule has 13 heavy (non-hydrogen) atoms. The zero-order chi connectivity index (χ0) is 9.47. The maximum Gasteiger partial charge on any atom is 0.245 e. The quantitative estimate of drug-likeness (QED) is 0.694. The van der Waals surface area contributed by atoms with E-state index < -0.39 is 6.04 Å². The second kappa shape index (κ2) is 2.78. The Morgan fingerprint density at radius 3 is 2.92 bits per heavy atom. The zero-order valence-electron chi connectivity index (χ0n) is 7.53. The van der Waals surface area contributed by atoms with E-state index in [0.29, 0.717) is 11.7 Å². The van der Waals surface area contributed by atoms with Crippen molar-refractivity contribution in [1.29, 1.82) is 0 Å². The average Bonchev–Trinajstić information content (AvgIpc) is 2.72. The Morgan fingerprint density at radius 2 is 2.38 bits per heavy atom. The van der Waals surface area contributed by atoms with Crippen molar-refractivity contribution in [2.45, 2.75) is 31.2 Å². The molecule has 5 nitrogen and oxygen atoms in total. The van der Waals surface area contributed by atoms with E-state index in [-0.39, 0.29) is 12.0 Å². The third kappa shape index (κ3) is 1.45. The van der Waals surface area contributed by atoms with Crippen LogP contribution in [0, 0.1) is 0 Å². The lowest BCUT2D eigenvalue weighted by molar-refractivity contribution is 0.236. The SMILES string of the molecule is CC1(c2noc(C(N)CO)n2)CC1. The van der Waals surface area contributed by atoms with Crippen molar-refractivity contribution in [2.24, 2.45) is 5.73 Å². The minimum absolute atomic E-state index is 0.0942. The van der Waals surface area contributed by atoms with Gasteiger partial charge in [-0.05, 0) is 12.8 Å². The summed E-state index contributed by atoms with van der Waals surface area (Å²) in [5.41, 5.74) is 5.62. The van der Waals surface area contributed by atoms with Gasteiger partial charge in [-0.2, -0.15) is 4.98 Å². The molecule has 1 heterocycles. The van der Waals surface area contributed by atoms with Crippen LogP contribution in [0.15, 0.2) is 4.52 Å². The summed E-state index contributed by atoms with van der Waals surface area (Å²) >= 11 is 0. The molecule has 1 aliphatic rings. The molecule has 0 amide bonds. The molecule has 1 unspecified atom stereocenters. The number of hydrogen-bond donors (Lipinski definition) is 2. The first-order valence-electron chi connectivity index (χ1n) is 4.36. The van der Waals surface area contributed by atoms with Crippen LogP contribution in [-0.2, 0) is 5.41 Å². The minimum atomic E-state index is -0.552. The van der Waals surface area contributed by atoms with Gasteiger partial charge in [0.25, 0.3) is 0 Å². The standard InChI is InChI=1S/C8H13N3O2/c1-8(2-3-8)7-10-6(13-11-7)5(9)4-12/h5,12H,2-4,9H2,1H3. The summed E-state index contributed by atoms with van der Waals surface area (Å²) in [5, 5.41) is 12.6. The first-order valence-corrected chi connectivity index (χ1v) is 4.36. The minimum Gasteiger partial charge on any atom is -0.394 e. The molecule has 0 aliphatic heterocycles. The molecule has 2 rings (SSSR count). The molecule has 0 bridgehead atoms. The molecule has 0 saturated heterocycles. The van der Waals surface area contributed by atoms with Crippen LogP contribution in [0.4, 0.5) is 0 Å². The van der Waals surface area contributed by atoms with Gasteiger partial charge in [-0.15, -0.1) is 0 Å². The van der Waals surface area contributed by atoms with Crippen LogP contribution < -0.4 is 5.73 Å². The lowest BCUT2D eigenvalue weighted by atomic mass is 10.1. The van der Waals surface area contributed by atoms with E-state index in [1.54, 1.807) is 0 Å². The lowest BCUT2D eigenvalue weighted by Crippen LogP contribution is -2.15. The summed E-state index contributed by atoms with van der Waals surface area (Å²) in [5.74, 6) is 1.04. The van der Waals surface area contributed by atoms with Crippen molar-refractivity contribution in [3.63, 3.8) is 0 Å². The molecule has 0 aromatic carbocycles. The molecular formula is C8H13N3O2. The van der Waals surface area contributed by atoms with E-state index in [9.17, 15) is 0 Å². The Balaban J connectivity index is 2.18. The third-order valence-corrected chi connectivity index (χ3v) is 2.50. The highest BCUT2D eigenvalue weighted by molar-refractivity contribution is 5.14. The number of nitrogens with zero attached hydrogens (tertiary/aromatic N) is 2. The molecular weight excluding hydrogens is 170 g/mol. The summed E-state index contributed by atoms with van der Waals surface area (Å²) in [6, 6.07) is -0.552. The number of rotatable bonds is 3. The number of hydrogen-bond acceptors (Lipinski definition) is 5. The van der Waals surface area contributed by atoms with Gasteiger partial charge in [0.05, 0.1) is 6.61 Å². The molecule has 0 spiro atoms. The van der Waals surface area contributed by atoms with Gasteiger partial charge in [-0.1, -0.05) is 12.1 Å². The first-order chi connectivity index (χ1) is 6.15. The van der Waals surface area contributed by atoms with Crippen LogP contribution in [0.1, 0.15) is 37.5 Å². The predicted octanol–water partition coefficient (Wildman–Crippen LogP) is 0.113. The maximum absolute atomic E-state index is 8.76. The molecule has 1 aliphatic carbocycles. The van der Waals surface area contributed by atoms with Crippen LogP contribution >= 0.6 is 0 Å². The van der Waals surface area contributed by atoms with E-state index in [4.69, 9.17) is 15.4 Å². The molecule has 3 N–H and O–H groups in total. The van der Waals surface area contributed by atoms with Crippen molar-refractivity contribution < 1.29 is 9.63 Å². The Hall–Kier alpha value is -0.940. The van der Waals surface area contributed by atoms with Crippen molar-refractivity contribution >= 4 is 0 Å². The molecule has 5 heteroatoms. The molecule has 72 valence electrons. The van der Waals surface area contributed by atoms with Gasteiger partial charge in [-0.25, -0.2) is 0 Å². The highest BCUT2D eigenvalue weighted by Crippen LogP contribution is 2.46. The largest absolute Gasteiger partial charge is 0.394 e. The highest BCUT2D eigenvalue weighted by atomic mass is 16.5. The van der Waals surface area contributed by atoms with Gasteiger partial charge in [0.1, 0.15) is 6.04 Å². The van der Waals surface area contributed by atoms with Gasteiger partial charge < -0.3 is 15.4 Å². The zero-order valence-corrected chi connectivity index (χ0v) is 7.53. The van der Waals surface area contributed by atoms with Crippen molar-refractivity contribution in [1.82, 2.24) is 10.1 Å². The lowest BCUT2D eigenvalue weighted by Gasteiger charge is -2.00. The molecule has 1 aromatic heterocycles. The monoisotopic (exact) mass is 183 g/mol. The molecule has 1 saturated carbocycles. The summed E-state index contributed by atoms with van der Waals surface area (Å²) in [6.07, 6.45) is 2.20. The second-order valence-electron chi connectivity index (χ2n) is 3.81. The molecule has 1 atom stereocenters. The predicted molar refractivity (Wildman–Crippen MR) is 44.9 cm³/mol. The molecule has 0 radical (unpaired) electrons. The Bertz CT molecular complexity index is 306. The number of nitrogens with two attached hydrogens (primary N) is 1. The van der Waals surface area contributed by atoms with E-state index >= 15 is 0 Å². The van der Waals surface area contributed by atoms with Gasteiger partial charge in [-0.3, -0.25) is 0 Å². The third-order valence-electron chi connectivity index (χ3n) is 2.50. The summed E-state index contributed by atoms with van der Waals surface area (Å²) in [6.45, 7) is 1.92.